The Bertz CT molecular complexity index is 1270. The summed E-state index contributed by atoms with van der Waals surface area (Å²) in [6, 6.07) is 4.67. The largest absolute Gasteiger partial charge is 0.416 e. The van der Waals surface area contributed by atoms with Crippen molar-refractivity contribution in [3.05, 3.63) is 73.1 Å². The van der Waals surface area contributed by atoms with Gasteiger partial charge >= 0.3 is 11.9 Å². The Morgan fingerprint density at radius 3 is 2.39 bits per heavy atom. The highest BCUT2D eigenvalue weighted by molar-refractivity contribution is 6.01. The molecule has 2 aromatic rings. The molecule has 0 unspecified atom stereocenters. The SMILES string of the molecule is Cn1c2c(c(=O)n(C)c1=O)[C@H](c1cccc(C(F)(F)F)c1)C1=C(CC(C)(C)CC1=O)N2. The minimum Gasteiger partial charge on any atom is -0.344 e. The highest BCUT2D eigenvalue weighted by Gasteiger charge is 2.43. The second kappa shape index (κ2) is 6.70. The summed E-state index contributed by atoms with van der Waals surface area (Å²) in [6.07, 6.45) is -3.90. The molecule has 6 nitrogen and oxygen atoms in total. The molecule has 1 aromatic carbocycles. The van der Waals surface area contributed by atoms with Gasteiger partial charge in [0.2, 0.25) is 0 Å². The third-order valence-electron chi connectivity index (χ3n) is 6.01. The summed E-state index contributed by atoms with van der Waals surface area (Å²) < 4.78 is 42.4. The fraction of sp³-hybridized carbons (Fsp3) is 0.409. The van der Waals surface area contributed by atoms with Gasteiger partial charge in [0, 0.05) is 37.7 Å². The number of aromatic nitrogens is 2. The monoisotopic (exact) mass is 433 g/mol. The average molecular weight is 433 g/mol. The molecule has 1 aliphatic heterocycles. The van der Waals surface area contributed by atoms with Crippen LogP contribution in [0.2, 0.25) is 0 Å². The van der Waals surface area contributed by atoms with Crippen molar-refractivity contribution in [3.8, 4) is 0 Å². The van der Waals surface area contributed by atoms with E-state index in [4.69, 9.17) is 0 Å². The lowest BCUT2D eigenvalue weighted by Crippen LogP contribution is -2.45. The van der Waals surface area contributed by atoms with E-state index in [0.717, 1.165) is 16.7 Å². The molecule has 2 heterocycles. The zero-order chi connectivity index (χ0) is 22.9. The third-order valence-corrected chi connectivity index (χ3v) is 6.01. The summed E-state index contributed by atoms with van der Waals surface area (Å²) >= 11 is 0. The Labute approximate surface area is 176 Å². The van der Waals surface area contributed by atoms with Gasteiger partial charge in [0.25, 0.3) is 5.56 Å². The molecular formula is C22H22F3N3O3. The number of halogens is 3. The Morgan fingerprint density at radius 1 is 1.06 bits per heavy atom. The smallest absolute Gasteiger partial charge is 0.344 e. The predicted molar refractivity (Wildman–Crippen MR) is 109 cm³/mol. The number of benzene rings is 1. The molecule has 0 amide bonds. The molecular weight excluding hydrogens is 411 g/mol. The molecule has 1 aromatic heterocycles. The fourth-order valence-corrected chi connectivity index (χ4v) is 4.58. The second-order valence-corrected chi connectivity index (χ2v) is 8.98. The van der Waals surface area contributed by atoms with Crippen molar-refractivity contribution in [1.82, 2.24) is 9.13 Å². The van der Waals surface area contributed by atoms with Crippen molar-refractivity contribution in [3.63, 3.8) is 0 Å². The summed E-state index contributed by atoms with van der Waals surface area (Å²) in [7, 11) is 2.79. The van der Waals surface area contributed by atoms with Crippen LogP contribution in [0, 0.1) is 5.41 Å². The number of carbonyl (C=O) groups is 1. The predicted octanol–water partition coefficient (Wildman–Crippen LogP) is 3.30. The van der Waals surface area contributed by atoms with Crippen LogP contribution in [0.1, 0.15) is 49.3 Å². The number of rotatable bonds is 1. The minimum atomic E-state index is -4.57. The van der Waals surface area contributed by atoms with Gasteiger partial charge in [-0.2, -0.15) is 13.2 Å². The van der Waals surface area contributed by atoms with E-state index >= 15 is 0 Å². The van der Waals surface area contributed by atoms with Crippen LogP contribution in [0.3, 0.4) is 0 Å². The maximum atomic E-state index is 13.4. The Balaban J connectivity index is 2.07. The summed E-state index contributed by atoms with van der Waals surface area (Å²) in [5.74, 6) is -1.01. The van der Waals surface area contributed by atoms with Crippen LogP contribution in [-0.4, -0.2) is 14.9 Å². The molecule has 1 N–H and O–H groups in total. The van der Waals surface area contributed by atoms with Crippen LogP contribution >= 0.6 is 0 Å². The maximum absolute atomic E-state index is 13.4. The molecule has 0 bridgehead atoms. The highest BCUT2D eigenvalue weighted by atomic mass is 19.4. The number of carbonyl (C=O) groups excluding carboxylic acids is 1. The molecule has 9 heteroatoms. The van der Waals surface area contributed by atoms with Gasteiger partial charge in [0.05, 0.1) is 11.1 Å². The van der Waals surface area contributed by atoms with Crippen LogP contribution < -0.4 is 16.6 Å². The van der Waals surface area contributed by atoms with Gasteiger partial charge < -0.3 is 5.32 Å². The van der Waals surface area contributed by atoms with E-state index < -0.39 is 28.9 Å². The van der Waals surface area contributed by atoms with Crippen LogP contribution in [-0.2, 0) is 25.1 Å². The lowest BCUT2D eigenvalue weighted by molar-refractivity contribution is -0.137. The number of nitrogens with one attached hydrogen (secondary N) is 1. The minimum absolute atomic E-state index is 0.0933. The number of allylic oxidation sites excluding steroid dienone is 2. The number of hydrogen-bond acceptors (Lipinski definition) is 4. The van der Waals surface area contributed by atoms with Crippen molar-refractivity contribution < 1.29 is 18.0 Å². The molecule has 4 rings (SSSR count). The van der Waals surface area contributed by atoms with Gasteiger partial charge in [-0.05, 0) is 23.5 Å². The van der Waals surface area contributed by atoms with Crippen molar-refractivity contribution in [2.75, 3.05) is 5.32 Å². The first-order chi connectivity index (χ1) is 14.3. The van der Waals surface area contributed by atoms with E-state index in [2.05, 4.69) is 5.32 Å². The van der Waals surface area contributed by atoms with Crippen molar-refractivity contribution >= 4 is 11.6 Å². The maximum Gasteiger partial charge on any atom is 0.416 e. The van der Waals surface area contributed by atoms with Gasteiger partial charge in [-0.3, -0.25) is 18.7 Å². The second-order valence-electron chi connectivity index (χ2n) is 8.98. The molecule has 0 radical (unpaired) electrons. The molecule has 2 aliphatic rings. The number of nitrogens with zero attached hydrogens (tertiary/aromatic N) is 2. The van der Waals surface area contributed by atoms with E-state index in [-0.39, 0.29) is 34.6 Å². The molecule has 1 atom stereocenters. The van der Waals surface area contributed by atoms with Crippen molar-refractivity contribution in [2.45, 2.75) is 38.8 Å². The number of Topliss-reactive ketones (excluding diaryl/α,β-unsaturated/α-hetero) is 1. The van der Waals surface area contributed by atoms with Crippen LogP contribution in [0.5, 0.6) is 0 Å². The van der Waals surface area contributed by atoms with E-state index in [1.807, 2.05) is 13.8 Å². The number of alkyl halides is 3. The number of ketones is 1. The zero-order valence-corrected chi connectivity index (χ0v) is 17.6. The Morgan fingerprint density at radius 2 is 1.74 bits per heavy atom. The van der Waals surface area contributed by atoms with Gasteiger partial charge in [-0.1, -0.05) is 32.0 Å². The Hall–Kier alpha value is -3.10. The number of hydrogen-bond donors (Lipinski definition) is 1. The molecule has 31 heavy (non-hydrogen) atoms. The third kappa shape index (κ3) is 3.32. The standard InChI is InChI=1S/C22H22F3N3O3/c1-21(2)9-13-16(14(29)10-21)15(11-6-5-7-12(8-11)22(23,24)25)17-18(26-13)27(3)20(31)28(4)19(17)30/h5-8,15,26H,9-10H2,1-4H3/t15-/m1/s1. The quantitative estimate of drug-likeness (QED) is 0.749. The van der Waals surface area contributed by atoms with Crippen molar-refractivity contribution in [1.29, 1.82) is 0 Å². The van der Waals surface area contributed by atoms with Crippen LogP contribution in [0.15, 0.2) is 45.1 Å². The van der Waals surface area contributed by atoms with E-state index in [1.165, 1.54) is 30.8 Å². The lowest BCUT2D eigenvalue weighted by atomic mass is 9.69. The van der Waals surface area contributed by atoms with Gasteiger partial charge in [0.15, 0.2) is 5.78 Å². The Kier molecular flexibility index (Phi) is 4.57. The first-order valence-electron chi connectivity index (χ1n) is 9.82. The van der Waals surface area contributed by atoms with Gasteiger partial charge in [0.1, 0.15) is 5.82 Å². The molecule has 0 saturated heterocycles. The fourth-order valence-electron chi connectivity index (χ4n) is 4.58. The molecule has 0 fully saturated rings. The summed E-state index contributed by atoms with van der Waals surface area (Å²) in [5, 5.41) is 3.09. The molecule has 164 valence electrons. The number of anilines is 1. The van der Waals surface area contributed by atoms with E-state index in [1.54, 1.807) is 0 Å². The van der Waals surface area contributed by atoms with Gasteiger partial charge in [-0.15, -0.1) is 0 Å². The summed E-state index contributed by atoms with van der Waals surface area (Å²) in [5.41, 5.74) is -1.32. The van der Waals surface area contributed by atoms with E-state index in [0.29, 0.717) is 17.7 Å². The van der Waals surface area contributed by atoms with E-state index in [9.17, 15) is 27.6 Å². The molecule has 0 saturated carbocycles. The molecule has 0 spiro atoms. The lowest BCUT2D eigenvalue weighted by Gasteiger charge is -2.39. The van der Waals surface area contributed by atoms with Crippen molar-refractivity contribution in [2.24, 2.45) is 19.5 Å². The van der Waals surface area contributed by atoms with Gasteiger partial charge in [-0.25, -0.2) is 4.79 Å². The van der Waals surface area contributed by atoms with Crippen LogP contribution in [0.4, 0.5) is 19.0 Å². The number of fused-ring (bicyclic) bond motifs is 1. The first kappa shape index (κ1) is 21.1. The first-order valence-corrected chi connectivity index (χ1v) is 9.82. The zero-order valence-electron chi connectivity index (χ0n) is 17.6. The average Bonchev–Trinajstić information content (AvgIpc) is 2.67. The van der Waals surface area contributed by atoms with Crippen LogP contribution in [0.25, 0.3) is 0 Å². The summed E-state index contributed by atoms with van der Waals surface area (Å²) in [6.45, 7) is 3.85. The topological polar surface area (TPSA) is 73.1 Å². The normalized spacial score (nSPS) is 20.2. The molecule has 1 aliphatic carbocycles. The highest BCUT2D eigenvalue weighted by Crippen LogP contribution is 2.48. The summed E-state index contributed by atoms with van der Waals surface area (Å²) in [4.78, 5) is 38.8.